The Hall–Kier alpha value is -0.262. The van der Waals surface area contributed by atoms with Crippen molar-refractivity contribution in [3.8, 4) is 23.0 Å². The maximum Gasteiger partial charge on any atom is 0.534 e. The predicted octanol–water partition coefficient (Wildman–Crippen LogP) is 7.08. The molecule has 0 aliphatic carbocycles. The Morgan fingerprint density at radius 2 is 1.39 bits per heavy atom. The summed E-state index contributed by atoms with van der Waals surface area (Å²) in [4.78, 5) is 52.8. The van der Waals surface area contributed by atoms with E-state index in [1.165, 1.54) is 25.3 Å². The third-order valence-corrected chi connectivity index (χ3v) is 13.4. The maximum absolute atomic E-state index is 13.3. The topological polar surface area (TPSA) is 260 Å². The molecule has 0 aromatic heterocycles. The van der Waals surface area contributed by atoms with E-state index in [0.29, 0.717) is 0 Å². The van der Waals surface area contributed by atoms with Gasteiger partial charge in [0.05, 0.1) is 36.5 Å². The Balaban J connectivity index is 0.00000139. The molecule has 1 spiro atoms. The molecule has 1 fully saturated rings. The molecule has 0 amide bonds. The van der Waals surface area contributed by atoms with Gasteiger partial charge in [0.25, 0.3) is 5.97 Å². The molecule has 6 rings (SSSR count). The van der Waals surface area contributed by atoms with Crippen LogP contribution in [-0.4, -0.2) is 68.9 Å². The zero-order chi connectivity index (χ0) is 41.0. The first-order chi connectivity index (χ1) is 25.4. The van der Waals surface area contributed by atoms with Gasteiger partial charge in [0.15, 0.2) is 0 Å². The molecule has 3 aliphatic rings. The molecule has 3 aromatic rings. The summed E-state index contributed by atoms with van der Waals surface area (Å²) in [5.41, 5.74) is -1.96. The summed E-state index contributed by atoms with van der Waals surface area (Å²) in [6.07, 6.45) is -2.63. The number of aliphatic carboxylic acids is 1. The molecule has 0 bridgehead atoms. The minimum Gasteiger partial charge on any atom is -0.521 e. The van der Waals surface area contributed by atoms with Gasteiger partial charge < -0.3 is 43.5 Å². The zero-order valence-electron chi connectivity index (χ0n) is 29.4. The summed E-state index contributed by atoms with van der Waals surface area (Å²) in [7, 11) is -15.9. The van der Waals surface area contributed by atoms with E-state index in [4.69, 9.17) is 79.8 Å². The standard InChI is InChI=1S/C28H23Cl4O16P3.C2H4O2.2Y/c1-11-12(2)43-23(26(11)33)10-42-49(35,36)47-51(39,40)48-50(37,38)46-22-9-20-14(7-18(22)32)28(13-6-17(31)21(41-3)8-19(13)44-20)25-16(30)5-4-15(29)24(25)27(34)45-28;1-2(3)4;;/h4-7,11-12,23,26,33H,10H2,1-3H3,(H,35,36)(H,37,38)(H,39,40);1H3,(H,3,4);;/q-2;;;/t11?,12-,23+,26?,28?;;;/m0.../s1. The second-order valence-electron chi connectivity index (χ2n) is 11.7. The number of carboxylic acids is 1. The fourth-order valence-corrected chi connectivity index (χ4v) is 10.2. The third kappa shape index (κ3) is 11.0. The average molecular weight is 1090 g/mol. The predicted molar refractivity (Wildman–Crippen MR) is 190 cm³/mol. The number of halogens is 4. The largest absolute Gasteiger partial charge is 0.534 e. The van der Waals surface area contributed by atoms with E-state index in [2.05, 4.69) is 25.3 Å². The third-order valence-electron chi connectivity index (χ3n) is 8.06. The van der Waals surface area contributed by atoms with Gasteiger partial charge in [-0.05, 0) is 29.1 Å². The number of phosphoric ester groups is 2. The number of benzene rings is 3. The van der Waals surface area contributed by atoms with Gasteiger partial charge in [0.2, 0.25) is 0 Å². The van der Waals surface area contributed by atoms with Crippen LogP contribution in [0, 0.1) is 18.1 Å². The monoisotopic (exact) mass is 1090 g/mol. The van der Waals surface area contributed by atoms with Crippen molar-refractivity contribution in [3.05, 3.63) is 78.7 Å². The minimum atomic E-state index is -5.93. The molecule has 27 heteroatoms. The Kier molecular flexibility index (Phi) is 17.4. The van der Waals surface area contributed by atoms with E-state index in [-0.39, 0.29) is 126 Å². The van der Waals surface area contributed by atoms with E-state index < -0.39 is 76.7 Å². The van der Waals surface area contributed by atoms with Crippen molar-refractivity contribution >= 4 is 81.8 Å². The second-order valence-corrected chi connectivity index (χ2v) is 17.9. The molecule has 0 saturated carbocycles. The van der Waals surface area contributed by atoms with Crippen LogP contribution in [0.15, 0.2) is 24.3 Å². The van der Waals surface area contributed by atoms with Crippen molar-refractivity contribution in [2.75, 3.05) is 13.7 Å². The van der Waals surface area contributed by atoms with Gasteiger partial charge in [-0.3, -0.25) is 14.2 Å². The first-order valence-corrected chi connectivity index (χ1v) is 21.2. The number of carbonyl (C=O) groups excluding carboxylic acids is 1. The number of hydrogen-bond acceptors (Lipinski definition) is 14. The zero-order valence-corrected chi connectivity index (χ0v) is 40.8. The number of aliphatic hydroxyl groups is 1. The number of fused-ring (bicyclic) bond motifs is 6. The summed E-state index contributed by atoms with van der Waals surface area (Å²) in [5, 5.41) is 17.1. The van der Waals surface area contributed by atoms with Crippen molar-refractivity contribution in [3.63, 3.8) is 0 Å². The number of methoxy groups -OCH3 is 1. The summed E-state index contributed by atoms with van der Waals surface area (Å²) in [5.74, 6) is -3.39. The van der Waals surface area contributed by atoms with Gasteiger partial charge in [-0.15, -0.1) is 12.1 Å². The Morgan fingerprint density at radius 1 is 0.877 bits per heavy atom. The van der Waals surface area contributed by atoms with Crippen LogP contribution in [0.5, 0.6) is 23.0 Å². The fourth-order valence-electron chi connectivity index (χ4n) is 5.67. The van der Waals surface area contributed by atoms with Crippen molar-refractivity contribution < 1.29 is 150 Å². The molecule has 6 unspecified atom stereocenters. The average Bonchev–Trinajstić information content (AvgIpc) is 3.50. The molecule has 2 radical (unpaired) electrons. The minimum absolute atomic E-state index is 0. The van der Waals surface area contributed by atoms with Crippen LogP contribution in [-0.2, 0) is 112 Å². The summed E-state index contributed by atoms with van der Waals surface area (Å²) >= 11 is 25.8. The Bertz CT molecular complexity index is 2210. The molecular formula is C30H27Cl4O18P3Y2-2. The first kappa shape index (κ1) is 51.1. The number of phosphoric acid groups is 3. The van der Waals surface area contributed by atoms with Crippen LogP contribution in [0.4, 0.5) is 0 Å². The van der Waals surface area contributed by atoms with Crippen LogP contribution < -0.4 is 14.0 Å². The maximum atomic E-state index is 13.3. The van der Waals surface area contributed by atoms with Crippen LogP contribution in [0.2, 0.25) is 20.1 Å². The van der Waals surface area contributed by atoms with E-state index in [1.807, 2.05) is 0 Å². The van der Waals surface area contributed by atoms with Gasteiger partial charge in [-0.2, -0.15) is 31.8 Å². The molecule has 1 saturated heterocycles. The van der Waals surface area contributed by atoms with Crippen molar-refractivity contribution in [2.45, 2.75) is 44.7 Å². The second kappa shape index (κ2) is 19.4. The summed E-state index contributed by atoms with van der Waals surface area (Å²) in [6, 6.07) is 10.5. The summed E-state index contributed by atoms with van der Waals surface area (Å²) in [6.45, 7) is 3.63. The van der Waals surface area contributed by atoms with Crippen LogP contribution in [0.25, 0.3) is 0 Å². The molecule has 5 N–H and O–H groups in total. The molecular weight excluding hydrogens is 1060 g/mol. The molecule has 3 heterocycles. The quantitative estimate of drug-likeness (QED) is 0.0772. The van der Waals surface area contributed by atoms with Crippen LogP contribution in [0.3, 0.4) is 0 Å². The molecule has 3 aromatic carbocycles. The molecule has 306 valence electrons. The summed E-state index contributed by atoms with van der Waals surface area (Å²) < 4.78 is 78.3. The number of carboxylic acid groups (broad SMARTS) is 1. The first-order valence-electron chi connectivity index (χ1n) is 15.2. The van der Waals surface area contributed by atoms with Gasteiger partial charge in [0.1, 0.15) is 11.7 Å². The normalized spacial score (nSPS) is 24.5. The van der Waals surface area contributed by atoms with Crippen LogP contribution >= 0.6 is 69.9 Å². The van der Waals surface area contributed by atoms with Crippen molar-refractivity contribution in [1.29, 1.82) is 0 Å². The SMILES string of the molecule is CC(=O)O.COc1[c-]c2c(cc1Cl)C1(OC(=O)c3c(Cl)ccc(Cl)c31)c1cc(Cl)c(OP(=O)(O)OP(=O)(O)OP(=O)(O)OC[C@H]3O[C@@H](C)C(C)C3O)[c-]c1O2.[Y].[Y]. The van der Waals surface area contributed by atoms with Crippen LogP contribution in [0.1, 0.15) is 47.8 Å². The smallest absolute Gasteiger partial charge is 0.521 e. The van der Waals surface area contributed by atoms with Crippen molar-refractivity contribution in [2.24, 2.45) is 5.92 Å². The number of carbonyl (C=O) groups is 2. The number of esters is 1. The number of ether oxygens (including phenoxy) is 4. The fraction of sp³-hybridized carbons (Fsp3) is 0.333. The number of hydrogen-bond donors (Lipinski definition) is 5. The van der Waals surface area contributed by atoms with E-state index >= 15 is 0 Å². The molecule has 3 aliphatic heterocycles. The van der Waals surface area contributed by atoms with Gasteiger partial charge in [-0.1, -0.05) is 53.4 Å². The molecule has 18 nitrogen and oxygen atoms in total. The molecule has 57 heavy (non-hydrogen) atoms. The van der Waals surface area contributed by atoms with E-state index in [1.54, 1.807) is 13.8 Å². The number of aliphatic hydroxyl groups excluding tert-OH is 1. The number of rotatable bonds is 10. The van der Waals surface area contributed by atoms with Crippen molar-refractivity contribution in [1.82, 2.24) is 0 Å². The Labute approximate surface area is 394 Å². The van der Waals surface area contributed by atoms with E-state index in [0.717, 1.165) is 13.0 Å². The van der Waals surface area contributed by atoms with Gasteiger partial charge in [0, 0.05) is 112 Å². The van der Waals surface area contributed by atoms with Gasteiger partial charge >= 0.3 is 29.4 Å². The van der Waals surface area contributed by atoms with Gasteiger partial charge in [-0.25, -0.2) is 18.5 Å². The van der Waals surface area contributed by atoms with E-state index in [9.17, 15) is 38.3 Å². The molecule has 8 atom stereocenters. The Morgan fingerprint density at radius 3 is 1.91 bits per heavy atom.